The molecule has 0 bridgehead atoms. The van der Waals surface area contributed by atoms with E-state index >= 15 is 0 Å². The van der Waals surface area contributed by atoms with Crippen LogP contribution in [-0.4, -0.2) is 20.0 Å². The number of nitrogens with one attached hydrogen (secondary N) is 1. The fourth-order valence-corrected chi connectivity index (χ4v) is 4.44. The van der Waals surface area contributed by atoms with Gasteiger partial charge < -0.3 is 4.74 Å². The van der Waals surface area contributed by atoms with Crippen molar-refractivity contribution in [3.05, 3.63) is 59.2 Å². The van der Waals surface area contributed by atoms with Crippen LogP contribution >= 0.6 is 11.3 Å². The molecule has 0 saturated heterocycles. The fraction of sp³-hybridized carbons (Fsp3) is 0.167. The van der Waals surface area contributed by atoms with Crippen LogP contribution < -0.4 is 9.46 Å². The molecule has 26 heavy (non-hydrogen) atoms. The summed E-state index contributed by atoms with van der Waals surface area (Å²) < 4.78 is 46.0. The highest BCUT2D eigenvalue weighted by Crippen LogP contribution is 2.31. The normalized spacial score (nSPS) is 11.3. The molecule has 1 heterocycles. The van der Waals surface area contributed by atoms with Gasteiger partial charge in [-0.15, -0.1) is 11.3 Å². The molecule has 0 atom stereocenters. The quantitative estimate of drug-likeness (QED) is 0.673. The lowest BCUT2D eigenvalue weighted by atomic mass is 10.1. The SMILES string of the molecule is CCOc1ccc(S(=O)(=O)Nc2nc(-c3ccc(F)cc3)c(C)s2)cc1. The first kappa shape index (κ1) is 18.3. The molecule has 3 aromatic rings. The number of hydrogen-bond donors (Lipinski definition) is 1. The minimum atomic E-state index is -3.76. The van der Waals surface area contributed by atoms with E-state index in [-0.39, 0.29) is 15.8 Å². The van der Waals surface area contributed by atoms with Crippen LogP contribution in [0.3, 0.4) is 0 Å². The molecule has 0 saturated carbocycles. The lowest BCUT2D eigenvalue weighted by Gasteiger charge is -2.07. The molecule has 0 amide bonds. The first-order chi connectivity index (χ1) is 12.4. The molecule has 0 fully saturated rings. The van der Waals surface area contributed by atoms with E-state index in [4.69, 9.17) is 4.74 Å². The van der Waals surface area contributed by atoms with Crippen molar-refractivity contribution >= 4 is 26.5 Å². The average molecular weight is 392 g/mol. The number of halogens is 1. The summed E-state index contributed by atoms with van der Waals surface area (Å²) in [4.78, 5) is 5.31. The Kier molecular flexibility index (Phi) is 5.24. The van der Waals surface area contributed by atoms with Gasteiger partial charge in [-0.2, -0.15) is 0 Å². The van der Waals surface area contributed by atoms with Crippen molar-refractivity contribution in [2.75, 3.05) is 11.3 Å². The highest BCUT2D eigenvalue weighted by molar-refractivity contribution is 7.93. The molecule has 5 nitrogen and oxygen atoms in total. The number of anilines is 1. The van der Waals surface area contributed by atoms with Gasteiger partial charge >= 0.3 is 0 Å². The Morgan fingerprint density at radius 1 is 1.12 bits per heavy atom. The molecule has 1 aromatic heterocycles. The molecule has 3 rings (SSSR count). The van der Waals surface area contributed by atoms with Gasteiger partial charge in [0.2, 0.25) is 0 Å². The molecule has 0 spiro atoms. The van der Waals surface area contributed by atoms with Gasteiger partial charge in [-0.1, -0.05) is 0 Å². The summed E-state index contributed by atoms with van der Waals surface area (Å²) in [5, 5.41) is 0.260. The van der Waals surface area contributed by atoms with E-state index in [2.05, 4.69) is 9.71 Å². The fourth-order valence-electron chi connectivity index (χ4n) is 2.37. The number of benzene rings is 2. The summed E-state index contributed by atoms with van der Waals surface area (Å²) in [6.07, 6.45) is 0. The molecule has 0 aliphatic heterocycles. The molecule has 8 heteroatoms. The summed E-state index contributed by atoms with van der Waals surface area (Å²) in [6.45, 7) is 4.20. The molecule has 136 valence electrons. The maximum atomic E-state index is 13.1. The first-order valence-corrected chi connectivity index (χ1v) is 10.2. The number of aryl methyl sites for hydroxylation is 1. The summed E-state index contributed by atoms with van der Waals surface area (Å²) in [6, 6.07) is 12.1. The number of aromatic nitrogens is 1. The van der Waals surface area contributed by atoms with Gasteiger partial charge in [0.15, 0.2) is 5.13 Å². The third kappa shape index (κ3) is 4.03. The molecule has 0 unspecified atom stereocenters. The molecule has 0 radical (unpaired) electrons. The average Bonchev–Trinajstić information content (AvgIpc) is 2.96. The van der Waals surface area contributed by atoms with Crippen LogP contribution in [0.2, 0.25) is 0 Å². The minimum absolute atomic E-state index is 0.122. The van der Waals surface area contributed by atoms with Crippen molar-refractivity contribution in [3.63, 3.8) is 0 Å². The lowest BCUT2D eigenvalue weighted by Crippen LogP contribution is -2.12. The van der Waals surface area contributed by atoms with Crippen molar-refractivity contribution in [1.29, 1.82) is 0 Å². The third-order valence-corrected chi connectivity index (χ3v) is 5.95. The number of sulfonamides is 1. The zero-order valence-electron chi connectivity index (χ0n) is 14.2. The van der Waals surface area contributed by atoms with Crippen LogP contribution in [0.1, 0.15) is 11.8 Å². The van der Waals surface area contributed by atoms with Gasteiger partial charge in [0.1, 0.15) is 11.6 Å². The smallest absolute Gasteiger partial charge is 0.263 e. The van der Waals surface area contributed by atoms with E-state index in [0.29, 0.717) is 18.1 Å². The number of ether oxygens (including phenoxy) is 1. The minimum Gasteiger partial charge on any atom is -0.494 e. The maximum absolute atomic E-state index is 13.1. The lowest BCUT2D eigenvalue weighted by molar-refractivity contribution is 0.340. The standard InChI is InChI=1S/C18H17FN2O3S2/c1-3-24-15-8-10-16(11-9-15)26(22,23)21-18-20-17(12(2)25-18)13-4-6-14(19)7-5-13/h4-11H,3H2,1-2H3,(H,20,21). The van der Waals surface area contributed by atoms with Crippen LogP contribution in [0.4, 0.5) is 9.52 Å². The van der Waals surface area contributed by atoms with Crippen LogP contribution in [0.25, 0.3) is 11.3 Å². The second kappa shape index (κ2) is 7.43. The van der Waals surface area contributed by atoms with Crippen molar-refractivity contribution < 1.29 is 17.5 Å². The zero-order valence-corrected chi connectivity index (χ0v) is 15.8. The van der Waals surface area contributed by atoms with Crippen molar-refractivity contribution in [2.24, 2.45) is 0 Å². The van der Waals surface area contributed by atoms with E-state index in [0.717, 1.165) is 10.4 Å². The predicted molar refractivity (Wildman–Crippen MR) is 101 cm³/mol. The summed E-state index contributed by atoms with van der Waals surface area (Å²) >= 11 is 1.23. The summed E-state index contributed by atoms with van der Waals surface area (Å²) in [5.74, 6) is 0.271. The largest absolute Gasteiger partial charge is 0.494 e. The Bertz CT molecular complexity index is 998. The van der Waals surface area contributed by atoms with Gasteiger partial charge in [0.05, 0.1) is 17.2 Å². The Morgan fingerprint density at radius 3 is 2.38 bits per heavy atom. The molecule has 0 aliphatic rings. The van der Waals surface area contributed by atoms with Crippen LogP contribution in [0.15, 0.2) is 53.4 Å². The van der Waals surface area contributed by atoms with Gasteiger partial charge in [0, 0.05) is 10.4 Å². The Labute approximate surface area is 155 Å². The topological polar surface area (TPSA) is 68.3 Å². The highest BCUT2D eigenvalue weighted by Gasteiger charge is 2.18. The Hall–Kier alpha value is -2.45. The van der Waals surface area contributed by atoms with E-state index < -0.39 is 10.0 Å². The maximum Gasteiger partial charge on any atom is 0.263 e. The van der Waals surface area contributed by atoms with E-state index in [9.17, 15) is 12.8 Å². The molecular formula is C18H17FN2O3S2. The van der Waals surface area contributed by atoms with Crippen molar-refractivity contribution in [3.8, 4) is 17.0 Å². The van der Waals surface area contributed by atoms with Crippen molar-refractivity contribution in [1.82, 2.24) is 4.98 Å². The van der Waals surface area contributed by atoms with Crippen LogP contribution in [0, 0.1) is 12.7 Å². The van der Waals surface area contributed by atoms with Crippen LogP contribution in [-0.2, 0) is 10.0 Å². The van der Waals surface area contributed by atoms with Gasteiger partial charge in [-0.3, -0.25) is 4.72 Å². The van der Waals surface area contributed by atoms with E-state index in [1.165, 1.54) is 35.6 Å². The monoisotopic (exact) mass is 392 g/mol. The molecule has 0 aliphatic carbocycles. The Balaban J connectivity index is 1.84. The highest BCUT2D eigenvalue weighted by atomic mass is 32.2. The third-order valence-electron chi connectivity index (χ3n) is 3.58. The zero-order chi connectivity index (χ0) is 18.7. The second-order valence-electron chi connectivity index (χ2n) is 5.44. The predicted octanol–water partition coefficient (Wildman–Crippen LogP) is 4.46. The number of rotatable bonds is 6. The Morgan fingerprint density at radius 2 is 1.77 bits per heavy atom. The van der Waals surface area contributed by atoms with E-state index in [1.54, 1.807) is 24.3 Å². The summed E-state index contributed by atoms with van der Waals surface area (Å²) in [5.41, 5.74) is 1.35. The molecular weight excluding hydrogens is 375 g/mol. The second-order valence-corrected chi connectivity index (χ2v) is 8.33. The first-order valence-electron chi connectivity index (χ1n) is 7.88. The number of thiazole rings is 1. The van der Waals surface area contributed by atoms with Gasteiger partial charge in [0.25, 0.3) is 10.0 Å². The van der Waals surface area contributed by atoms with Crippen molar-refractivity contribution in [2.45, 2.75) is 18.7 Å². The van der Waals surface area contributed by atoms with Crippen LogP contribution in [0.5, 0.6) is 5.75 Å². The van der Waals surface area contributed by atoms with E-state index in [1.807, 2.05) is 13.8 Å². The number of hydrogen-bond acceptors (Lipinski definition) is 5. The number of nitrogens with zero attached hydrogens (tertiary/aromatic N) is 1. The van der Waals surface area contributed by atoms with Gasteiger partial charge in [-0.05, 0) is 62.4 Å². The summed E-state index contributed by atoms with van der Waals surface area (Å²) in [7, 11) is -3.76. The molecule has 1 N–H and O–H groups in total. The van der Waals surface area contributed by atoms with Gasteiger partial charge in [-0.25, -0.2) is 17.8 Å². The molecule has 2 aromatic carbocycles.